The number of hydrogen-bond donors (Lipinski definition) is 0. The van der Waals surface area contributed by atoms with E-state index in [9.17, 15) is 0 Å². The van der Waals surface area contributed by atoms with Crippen LogP contribution in [0, 0.1) is 13.8 Å². The number of aryl methyl sites for hydroxylation is 3. The van der Waals surface area contributed by atoms with E-state index in [2.05, 4.69) is 87.5 Å². The molecular formula is C29H30O2. The first-order valence-electron chi connectivity index (χ1n) is 10.9. The molecule has 0 spiro atoms. The van der Waals surface area contributed by atoms with Gasteiger partial charge in [0.25, 0.3) is 0 Å². The van der Waals surface area contributed by atoms with Gasteiger partial charge in [-0.3, -0.25) is 0 Å². The summed E-state index contributed by atoms with van der Waals surface area (Å²) in [6, 6.07) is 24.1. The predicted octanol–water partition coefficient (Wildman–Crippen LogP) is 7.76. The van der Waals surface area contributed by atoms with Gasteiger partial charge in [0.1, 0.15) is 11.5 Å². The molecule has 0 bridgehead atoms. The van der Waals surface area contributed by atoms with E-state index in [4.69, 9.17) is 9.47 Å². The molecule has 0 saturated carbocycles. The third-order valence-corrected chi connectivity index (χ3v) is 6.04. The van der Waals surface area contributed by atoms with E-state index in [0.717, 1.165) is 35.5 Å². The number of hydrogen-bond acceptors (Lipinski definition) is 2. The van der Waals surface area contributed by atoms with Crippen molar-refractivity contribution >= 4 is 10.8 Å². The highest BCUT2D eigenvalue weighted by molar-refractivity contribution is 6.06. The fourth-order valence-electron chi connectivity index (χ4n) is 4.55. The second kappa shape index (κ2) is 8.85. The molecular weight excluding hydrogens is 380 g/mol. The molecule has 0 fully saturated rings. The Morgan fingerprint density at radius 2 is 1.26 bits per heavy atom. The van der Waals surface area contributed by atoms with Crippen molar-refractivity contribution in [3.05, 3.63) is 83.4 Å². The molecule has 0 N–H and O–H groups in total. The monoisotopic (exact) mass is 410 g/mol. The lowest BCUT2D eigenvalue weighted by molar-refractivity contribution is 0.411. The number of benzene rings is 4. The van der Waals surface area contributed by atoms with Gasteiger partial charge >= 0.3 is 0 Å². The maximum atomic E-state index is 5.52. The first-order chi connectivity index (χ1) is 15.1. The Labute approximate surface area is 185 Å². The molecule has 4 rings (SSSR count). The lowest BCUT2D eigenvalue weighted by Crippen LogP contribution is -1.96. The standard InChI is InChI=1S/C29H30O2/c1-6-9-21-18-26(22-12-14-27(30-4)19(2)16-22)29(25-11-8-7-10-24(21)25)23-13-15-28(31-5)20(3)17-23/h7-8,10-18H,6,9H2,1-5H3. The molecule has 0 heterocycles. The Bertz CT molecular complexity index is 1240. The van der Waals surface area contributed by atoms with Crippen LogP contribution in [-0.4, -0.2) is 14.2 Å². The first-order valence-corrected chi connectivity index (χ1v) is 10.9. The fraction of sp³-hybridized carbons (Fsp3) is 0.241. The average molecular weight is 411 g/mol. The van der Waals surface area contributed by atoms with Gasteiger partial charge in [0, 0.05) is 0 Å². The molecule has 2 heteroatoms. The van der Waals surface area contributed by atoms with Crippen LogP contribution in [0.1, 0.15) is 30.0 Å². The summed E-state index contributed by atoms with van der Waals surface area (Å²) in [5, 5.41) is 2.63. The van der Waals surface area contributed by atoms with Crippen LogP contribution in [0.5, 0.6) is 11.5 Å². The molecule has 0 unspecified atom stereocenters. The lowest BCUT2D eigenvalue weighted by atomic mass is 9.85. The van der Waals surface area contributed by atoms with Crippen LogP contribution in [0.25, 0.3) is 33.0 Å². The van der Waals surface area contributed by atoms with E-state index in [1.54, 1.807) is 14.2 Å². The summed E-state index contributed by atoms with van der Waals surface area (Å²) in [5.74, 6) is 1.83. The van der Waals surface area contributed by atoms with Crippen LogP contribution in [0.15, 0.2) is 66.7 Å². The Morgan fingerprint density at radius 1 is 0.677 bits per heavy atom. The zero-order valence-electron chi connectivity index (χ0n) is 19.1. The molecule has 31 heavy (non-hydrogen) atoms. The Balaban J connectivity index is 2.07. The van der Waals surface area contributed by atoms with Crippen molar-refractivity contribution in [2.45, 2.75) is 33.6 Å². The zero-order chi connectivity index (χ0) is 22.0. The van der Waals surface area contributed by atoms with E-state index >= 15 is 0 Å². The highest BCUT2D eigenvalue weighted by atomic mass is 16.5. The highest BCUT2D eigenvalue weighted by Crippen LogP contribution is 2.42. The molecule has 4 aromatic carbocycles. The summed E-state index contributed by atoms with van der Waals surface area (Å²) in [4.78, 5) is 0. The van der Waals surface area contributed by atoms with E-state index < -0.39 is 0 Å². The molecule has 0 aliphatic heterocycles. The lowest BCUT2D eigenvalue weighted by Gasteiger charge is -2.19. The van der Waals surface area contributed by atoms with Crippen molar-refractivity contribution in [3.63, 3.8) is 0 Å². The van der Waals surface area contributed by atoms with E-state index in [1.807, 2.05) is 0 Å². The topological polar surface area (TPSA) is 18.5 Å². The van der Waals surface area contributed by atoms with Gasteiger partial charge in [-0.05, 0) is 100 Å². The van der Waals surface area contributed by atoms with Crippen molar-refractivity contribution in [1.29, 1.82) is 0 Å². The van der Waals surface area contributed by atoms with Gasteiger partial charge in [-0.1, -0.05) is 49.7 Å². The van der Waals surface area contributed by atoms with E-state index in [1.165, 1.54) is 38.6 Å². The summed E-state index contributed by atoms with van der Waals surface area (Å²) in [6.45, 7) is 6.45. The maximum absolute atomic E-state index is 5.52. The van der Waals surface area contributed by atoms with Crippen molar-refractivity contribution < 1.29 is 9.47 Å². The van der Waals surface area contributed by atoms with Crippen molar-refractivity contribution in [3.8, 4) is 33.8 Å². The first kappa shape index (κ1) is 21.0. The van der Waals surface area contributed by atoms with Gasteiger partial charge in [-0.25, -0.2) is 0 Å². The average Bonchev–Trinajstić information content (AvgIpc) is 2.79. The SMILES string of the molecule is CCCc1cc(-c2ccc(OC)c(C)c2)c(-c2ccc(OC)c(C)c2)c2ccccc12. The summed E-state index contributed by atoms with van der Waals surface area (Å²) in [7, 11) is 3.45. The van der Waals surface area contributed by atoms with Gasteiger partial charge in [-0.2, -0.15) is 0 Å². The fourth-order valence-corrected chi connectivity index (χ4v) is 4.55. The summed E-state index contributed by atoms with van der Waals surface area (Å²) < 4.78 is 11.0. The van der Waals surface area contributed by atoms with Crippen molar-refractivity contribution in [2.24, 2.45) is 0 Å². The van der Waals surface area contributed by atoms with Gasteiger partial charge < -0.3 is 9.47 Å². The summed E-state index contributed by atoms with van der Waals surface area (Å²) >= 11 is 0. The normalized spacial score (nSPS) is 11.0. The minimum absolute atomic E-state index is 0.914. The second-order valence-corrected chi connectivity index (χ2v) is 8.12. The number of rotatable bonds is 6. The van der Waals surface area contributed by atoms with Gasteiger partial charge in [0.05, 0.1) is 14.2 Å². The van der Waals surface area contributed by atoms with E-state index in [0.29, 0.717) is 0 Å². The summed E-state index contributed by atoms with van der Waals surface area (Å²) in [6.07, 6.45) is 2.18. The van der Waals surface area contributed by atoms with Crippen molar-refractivity contribution in [1.82, 2.24) is 0 Å². The quantitative estimate of drug-likeness (QED) is 0.323. The largest absolute Gasteiger partial charge is 0.496 e. The van der Waals surface area contributed by atoms with Gasteiger partial charge in [0.2, 0.25) is 0 Å². The molecule has 0 atom stereocenters. The molecule has 0 amide bonds. The molecule has 0 aromatic heterocycles. The molecule has 0 aliphatic rings. The van der Waals surface area contributed by atoms with Crippen LogP contribution < -0.4 is 9.47 Å². The summed E-state index contributed by atoms with van der Waals surface area (Å²) in [5.41, 5.74) is 8.63. The van der Waals surface area contributed by atoms with Crippen LogP contribution >= 0.6 is 0 Å². The number of fused-ring (bicyclic) bond motifs is 1. The Morgan fingerprint density at radius 3 is 1.84 bits per heavy atom. The molecule has 158 valence electrons. The maximum Gasteiger partial charge on any atom is 0.121 e. The third-order valence-electron chi connectivity index (χ3n) is 6.04. The molecule has 2 nitrogen and oxygen atoms in total. The van der Waals surface area contributed by atoms with Crippen molar-refractivity contribution in [2.75, 3.05) is 14.2 Å². The second-order valence-electron chi connectivity index (χ2n) is 8.12. The van der Waals surface area contributed by atoms with Crippen LogP contribution in [0.4, 0.5) is 0 Å². The van der Waals surface area contributed by atoms with Crippen LogP contribution in [0.2, 0.25) is 0 Å². The Kier molecular flexibility index (Phi) is 5.99. The highest BCUT2D eigenvalue weighted by Gasteiger charge is 2.16. The third kappa shape index (κ3) is 3.90. The van der Waals surface area contributed by atoms with Gasteiger partial charge in [-0.15, -0.1) is 0 Å². The minimum Gasteiger partial charge on any atom is -0.496 e. The number of methoxy groups -OCH3 is 2. The molecule has 4 aromatic rings. The smallest absolute Gasteiger partial charge is 0.121 e. The van der Waals surface area contributed by atoms with Gasteiger partial charge in [0.15, 0.2) is 0 Å². The Hall–Kier alpha value is -3.26. The predicted molar refractivity (Wildman–Crippen MR) is 131 cm³/mol. The molecule has 0 radical (unpaired) electrons. The number of ether oxygens (including phenoxy) is 2. The molecule has 0 saturated heterocycles. The zero-order valence-corrected chi connectivity index (χ0v) is 19.1. The molecule has 0 aliphatic carbocycles. The van der Waals surface area contributed by atoms with Crippen LogP contribution in [0.3, 0.4) is 0 Å². The van der Waals surface area contributed by atoms with E-state index in [-0.39, 0.29) is 0 Å². The minimum atomic E-state index is 0.914. The van der Waals surface area contributed by atoms with Crippen LogP contribution in [-0.2, 0) is 6.42 Å².